The lowest BCUT2D eigenvalue weighted by molar-refractivity contribution is -0.114. The molecule has 0 atom stereocenters. The molecule has 0 aliphatic rings. The SMILES string of the molecule is CC(=O)c1ccc(NC(=O)CNc2ccc(F)cc2C)cc1. The third-order valence-corrected chi connectivity index (χ3v) is 3.20. The first-order chi connectivity index (χ1) is 10.5. The van der Waals surface area contributed by atoms with Crippen molar-refractivity contribution in [3.8, 4) is 0 Å². The average Bonchev–Trinajstić information content (AvgIpc) is 2.47. The number of aryl methyl sites for hydroxylation is 1. The summed E-state index contributed by atoms with van der Waals surface area (Å²) >= 11 is 0. The lowest BCUT2D eigenvalue weighted by Crippen LogP contribution is -2.22. The van der Waals surface area contributed by atoms with Gasteiger partial charge in [0, 0.05) is 16.9 Å². The van der Waals surface area contributed by atoms with Crippen LogP contribution in [0, 0.1) is 12.7 Å². The Morgan fingerprint density at radius 3 is 2.36 bits per heavy atom. The van der Waals surface area contributed by atoms with Gasteiger partial charge in [-0.15, -0.1) is 0 Å². The maximum absolute atomic E-state index is 13.0. The quantitative estimate of drug-likeness (QED) is 0.832. The predicted molar refractivity (Wildman–Crippen MR) is 84.7 cm³/mol. The summed E-state index contributed by atoms with van der Waals surface area (Å²) in [7, 11) is 0. The van der Waals surface area contributed by atoms with Crippen LogP contribution in [0.15, 0.2) is 42.5 Å². The smallest absolute Gasteiger partial charge is 0.243 e. The van der Waals surface area contributed by atoms with E-state index in [1.165, 1.54) is 19.1 Å². The molecule has 1 amide bonds. The number of Topliss-reactive ketones (excluding diaryl/α,β-unsaturated/α-hetero) is 1. The predicted octanol–water partition coefficient (Wildman–Crippen LogP) is 3.39. The highest BCUT2D eigenvalue weighted by Gasteiger charge is 2.05. The van der Waals surface area contributed by atoms with Gasteiger partial charge < -0.3 is 10.6 Å². The molecular weight excluding hydrogens is 283 g/mol. The van der Waals surface area contributed by atoms with Crippen LogP contribution >= 0.6 is 0 Å². The van der Waals surface area contributed by atoms with Gasteiger partial charge in [0.25, 0.3) is 0 Å². The fourth-order valence-corrected chi connectivity index (χ4v) is 1.99. The van der Waals surface area contributed by atoms with Crippen LogP contribution in [0.25, 0.3) is 0 Å². The van der Waals surface area contributed by atoms with Gasteiger partial charge >= 0.3 is 0 Å². The maximum atomic E-state index is 13.0. The first-order valence-corrected chi connectivity index (χ1v) is 6.86. The number of ketones is 1. The van der Waals surface area contributed by atoms with Crippen LogP contribution in [0.5, 0.6) is 0 Å². The van der Waals surface area contributed by atoms with Crippen molar-refractivity contribution in [1.82, 2.24) is 0 Å². The minimum absolute atomic E-state index is 0.0219. The van der Waals surface area contributed by atoms with E-state index in [-0.39, 0.29) is 24.1 Å². The molecule has 2 N–H and O–H groups in total. The molecule has 0 aromatic heterocycles. The zero-order chi connectivity index (χ0) is 16.1. The molecule has 0 fully saturated rings. The van der Waals surface area contributed by atoms with Crippen LogP contribution in [0.1, 0.15) is 22.8 Å². The third kappa shape index (κ3) is 4.15. The molecule has 5 heteroatoms. The number of carbonyl (C=O) groups excluding carboxylic acids is 2. The number of nitrogens with one attached hydrogen (secondary N) is 2. The van der Waals surface area contributed by atoms with Crippen LogP contribution in [0.3, 0.4) is 0 Å². The van der Waals surface area contributed by atoms with E-state index in [0.29, 0.717) is 16.9 Å². The van der Waals surface area contributed by atoms with Crippen molar-refractivity contribution in [3.05, 3.63) is 59.4 Å². The van der Waals surface area contributed by atoms with E-state index in [2.05, 4.69) is 10.6 Å². The summed E-state index contributed by atoms with van der Waals surface area (Å²) in [4.78, 5) is 23.0. The standard InChI is InChI=1S/C17H17FN2O2/c1-11-9-14(18)5-8-16(11)19-10-17(22)20-15-6-3-13(4-7-15)12(2)21/h3-9,19H,10H2,1-2H3,(H,20,22). The highest BCUT2D eigenvalue weighted by molar-refractivity contribution is 5.96. The van der Waals surface area contributed by atoms with E-state index < -0.39 is 0 Å². The van der Waals surface area contributed by atoms with Gasteiger partial charge in [0.1, 0.15) is 5.82 Å². The van der Waals surface area contributed by atoms with E-state index in [4.69, 9.17) is 0 Å². The molecule has 22 heavy (non-hydrogen) atoms. The van der Waals surface area contributed by atoms with E-state index in [9.17, 15) is 14.0 Å². The number of hydrogen-bond acceptors (Lipinski definition) is 3. The zero-order valence-corrected chi connectivity index (χ0v) is 12.4. The second-order valence-electron chi connectivity index (χ2n) is 4.99. The van der Waals surface area contributed by atoms with Gasteiger partial charge in [-0.1, -0.05) is 0 Å². The Balaban J connectivity index is 1.91. The molecule has 2 aromatic carbocycles. The minimum atomic E-state index is -0.307. The fourth-order valence-electron chi connectivity index (χ4n) is 1.99. The van der Waals surface area contributed by atoms with Gasteiger partial charge in [0.05, 0.1) is 6.54 Å². The number of anilines is 2. The topological polar surface area (TPSA) is 58.2 Å². The molecule has 4 nitrogen and oxygen atoms in total. The van der Waals surface area contributed by atoms with E-state index in [1.54, 1.807) is 37.3 Å². The number of amides is 1. The van der Waals surface area contributed by atoms with Gasteiger partial charge in [-0.25, -0.2) is 4.39 Å². The Morgan fingerprint density at radius 1 is 1.09 bits per heavy atom. The molecule has 2 rings (SSSR count). The Labute approximate surface area is 128 Å². The van der Waals surface area contributed by atoms with Crippen LogP contribution in [-0.4, -0.2) is 18.2 Å². The summed E-state index contributed by atoms with van der Waals surface area (Å²) < 4.78 is 13.0. The molecule has 0 heterocycles. The van der Waals surface area contributed by atoms with Gasteiger partial charge in [-0.3, -0.25) is 9.59 Å². The molecule has 114 valence electrons. The van der Waals surface area contributed by atoms with E-state index >= 15 is 0 Å². The second kappa shape index (κ2) is 6.85. The van der Waals surface area contributed by atoms with Crippen LogP contribution in [-0.2, 0) is 4.79 Å². The van der Waals surface area contributed by atoms with Crippen molar-refractivity contribution in [2.75, 3.05) is 17.2 Å². The summed E-state index contributed by atoms with van der Waals surface area (Å²) in [5.74, 6) is -0.552. The lowest BCUT2D eigenvalue weighted by Gasteiger charge is -2.10. The third-order valence-electron chi connectivity index (χ3n) is 3.20. The summed E-state index contributed by atoms with van der Waals surface area (Å²) in [6, 6.07) is 11.0. The summed E-state index contributed by atoms with van der Waals surface area (Å²) in [5.41, 5.74) is 2.66. The monoisotopic (exact) mass is 300 g/mol. The van der Waals surface area contributed by atoms with Gasteiger partial charge in [-0.05, 0) is 61.9 Å². The molecule has 2 aromatic rings. The number of hydrogen-bond donors (Lipinski definition) is 2. The van der Waals surface area contributed by atoms with Crippen LogP contribution in [0.2, 0.25) is 0 Å². The molecule has 0 bridgehead atoms. The number of halogens is 1. The van der Waals surface area contributed by atoms with Gasteiger partial charge in [0.2, 0.25) is 5.91 Å². The van der Waals surface area contributed by atoms with Crippen molar-refractivity contribution in [2.24, 2.45) is 0 Å². The largest absolute Gasteiger partial charge is 0.376 e. The Hall–Kier alpha value is -2.69. The van der Waals surface area contributed by atoms with E-state index in [1.807, 2.05) is 0 Å². The molecule has 0 aliphatic carbocycles. The number of rotatable bonds is 5. The molecule has 0 saturated heterocycles. The summed E-state index contributed by atoms with van der Waals surface area (Å²) in [5, 5.41) is 5.68. The highest BCUT2D eigenvalue weighted by atomic mass is 19.1. The number of carbonyl (C=O) groups is 2. The Bertz CT molecular complexity index is 696. The van der Waals surface area contributed by atoms with Gasteiger partial charge in [0.15, 0.2) is 5.78 Å². The van der Waals surface area contributed by atoms with Crippen molar-refractivity contribution in [2.45, 2.75) is 13.8 Å². The molecule has 0 radical (unpaired) electrons. The van der Waals surface area contributed by atoms with Crippen LogP contribution in [0.4, 0.5) is 15.8 Å². The molecular formula is C17H17FN2O2. The molecule has 0 unspecified atom stereocenters. The van der Waals surface area contributed by atoms with E-state index in [0.717, 1.165) is 5.56 Å². The zero-order valence-electron chi connectivity index (χ0n) is 12.4. The lowest BCUT2D eigenvalue weighted by atomic mass is 10.1. The average molecular weight is 300 g/mol. The normalized spacial score (nSPS) is 10.1. The van der Waals surface area contributed by atoms with Crippen molar-refractivity contribution < 1.29 is 14.0 Å². The van der Waals surface area contributed by atoms with Crippen molar-refractivity contribution in [1.29, 1.82) is 0 Å². The first-order valence-electron chi connectivity index (χ1n) is 6.86. The molecule has 0 spiro atoms. The summed E-state index contributed by atoms with van der Waals surface area (Å²) in [6.07, 6.45) is 0. The first kappa shape index (κ1) is 15.7. The molecule has 0 saturated carbocycles. The number of benzene rings is 2. The Morgan fingerprint density at radius 2 is 1.77 bits per heavy atom. The minimum Gasteiger partial charge on any atom is -0.376 e. The highest BCUT2D eigenvalue weighted by Crippen LogP contribution is 2.15. The maximum Gasteiger partial charge on any atom is 0.243 e. The Kier molecular flexibility index (Phi) is 4.88. The van der Waals surface area contributed by atoms with Gasteiger partial charge in [-0.2, -0.15) is 0 Å². The fraction of sp³-hybridized carbons (Fsp3) is 0.176. The van der Waals surface area contributed by atoms with Crippen molar-refractivity contribution in [3.63, 3.8) is 0 Å². The summed E-state index contributed by atoms with van der Waals surface area (Å²) in [6.45, 7) is 3.33. The van der Waals surface area contributed by atoms with Crippen LogP contribution < -0.4 is 10.6 Å². The van der Waals surface area contributed by atoms with Crippen molar-refractivity contribution >= 4 is 23.1 Å². The molecule has 0 aliphatic heterocycles. The second-order valence-corrected chi connectivity index (χ2v) is 4.99.